The number of nitrogens with zero attached hydrogens (tertiary/aromatic N) is 3. The van der Waals surface area contributed by atoms with E-state index >= 15 is 0 Å². The molecule has 0 aliphatic carbocycles. The summed E-state index contributed by atoms with van der Waals surface area (Å²) in [6.45, 7) is 6.17. The van der Waals surface area contributed by atoms with Crippen molar-refractivity contribution in [2.45, 2.75) is 45.3 Å². The molecule has 206 valence electrons. The number of halogens is 3. The number of nitrogens with two attached hydrogens (primary N) is 1. The molecule has 2 heterocycles. The summed E-state index contributed by atoms with van der Waals surface area (Å²) in [5.74, 6) is -1.51. The second-order valence-electron chi connectivity index (χ2n) is 9.69. The molecule has 4 N–H and O–H groups in total. The fraction of sp³-hybridized carbons (Fsp3) is 0.321. The normalized spacial score (nSPS) is 12.8. The van der Waals surface area contributed by atoms with E-state index in [2.05, 4.69) is 20.3 Å². The molecule has 0 radical (unpaired) electrons. The predicted molar refractivity (Wildman–Crippen MR) is 148 cm³/mol. The molecule has 11 heteroatoms. The molecule has 8 nitrogen and oxygen atoms in total. The van der Waals surface area contributed by atoms with Gasteiger partial charge in [-0.2, -0.15) is 8.78 Å². The lowest BCUT2D eigenvalue weighted by atomic mass is 9.91. The summed E-state index contributed by atoms with van der Waals surface area (Å²) < 4.78 is 41.3. The molecule has 0 spiro atoms. The van der Waals surface area contributed by atoms with E-state index in [1.54, 1.807) is 56.6 Å². The van der Waals surface area contributed by atoms with Gasteiger partial charge in [0.25, 0.3) is 0 Å². The van der Waals surface area contributed by atoms with Crippen LogP contribution in [-0.4, -0.2) is 38.9 Å². The SMILES string of the molecule is Cc1nc(N[C@H](C)c2cc(N)cc(C(F)(F)C(C)(C)O)c2)c2cc(OCCOc3cccnc3)c(Cl)cc2n1. The molecule has 4 aromatic rings. The van der Waals surface area contributed by atoms with Crippen molar-refractivity contribution in [2.75, 3.05) is 24.3 Å². The van der Waals surface area contributed by atoms with Gasteiger partial charge in [-0.05, 0) is 75.7 Å². The van der Waals surface area contributed by atoms with E-state index in [1.165, 1.54) is 12.1 Å². The van der Waals surface area contributed by atoms with Crippen molar-refractivity contribution in [1.82, 2.24) is 15.0 Å². The van der Waals surface area contributed by atoms with Crippen molar-refractivity contribution in [3.8, 4) is 11.5 Å². The van der Waals surface area contributed by atoms with Crippen LogP contribution in [0.3, 0.4) is 0 Å². The third kappa shape index (κ3) is 6.46. The Hall–Kier alpha value is -3.76. The molecule has 0 aliphatic heterocycles. The van der Waals surface area contributed by atoms with Gasteiger partial charge in [0, 0.05) is 22.8 Å². The maximum atomic E-state index is 14.9. The first-order chi connectivity index (χ1) is 18.3. The van der Waals surface area contributed by atoms with Gasteiger partial charge in [0.15, 0.2) is 0 Å². The number of ether oxygens (including phenoxy) is 2. The Morgan fingerprint density at radius 1 is 1.10 bits per heavy atom. The summed E-state index contributed by atoms with van der Waals surface area (Å²) in [6.07, 6.45) is 3.27. The number of rotatable bonds is 10. The number of nitrogens with one attached hydrogen (secondary N) is 1. The molecule has 0 saturated heterocycles. The van der Waals surface area contributed by atoms with Crippen LogP contribution >= 0.6 is 11.6 Å². The van der Waals surface area contributed by atoms with E-state index in [1.807, 2.05) is 0 Å². The lowest BCUT2D eigenvalue weighted by molar-refractivity contribution is -0.168. The molecule has 2 aromatic heterocycles. The monoisotopic (exact) mass is 557 g/mol. The highest BCUT2D eigenvalue weighted by molar-refractivity contribution is 6.32. The third-order valence-corrected chi connectivity index (χ3v) is 6.36. The number of hydrogen-bond acceptors (Lipinski definition) is 8. The Bertz CT molecular complexity index is 1470. The number of hydrogen-bond donors (Lipinski definition) is 3. The molecule has 2 aromatic carbocycles. The lowest BCUT2D eigenvalue weighted by Gasteiger charge is -2.30. The van der Waals surface area contributed by atoms with Gasteiger partial charge in [-0.15, -0.1) is 0 Å². The van der Waals surface area contributed by atoms with Crippen molar-refractivity contribution in [3.63, 3.8) is 0 Å². The van der Waals surface area contributed by atoms with E-state index in [0.29, 0.717) is 44.6 Å². The third-order valence-electron chi connectivity index (χ3n) is 6.07. The molecule has 0 saturated carbocycles. The first-order valence-electron chi connectivity index (χ1n) is 12.3. The lowest BCUT2D eigenvalue weighted by Crippen LogP contribution is -2.40. The number of fused-ring (bicyclic) bond motifs is 1. The van der Waals surface area contributed by atoms with Gasteiger partial charge in [-0.1, -0.05) is 11.6 Å². The van der Waals surface area contributed by atoms with Gasteiger partial charge >= 0.3 is 5.92 Å². The van der Waals surface area contributed by atoms with Crippen LogP contribution in [0.2, 0.25) is 5.02 Å². The van der Waals surface area contributed by atoms with Gasteiger partial charge in [0.2, 0.25) is 0 Å². The van der Waals surface area contributed by atoms with Crippen molar-refractivity contribution in [2.24, 2.45) is 0 Å². The van der Waals surface area contributed by atoms with Crippen LogP contribution in [0.25, 0.3) is 10.9 Å². The Morgan fingerprint density at radius 2 is 1.85 bits per heavy atom. The smallest absolute Gasteiger partial charge is 0.300 e. The van der Waals surface area contributed by atoms with Gasteiger partial charge in [-0.3, -0.25) is 4.98 Å². The summed E-state index contributed by atoms with van der Waals surface area (Å²) >= 11 is 6.46. The van der Waals surface area contributed by atoms with E-state index in [0.717, 1.165) is 13.8 Å². The second kappa shape index (κ2) is 11.2. The summed E-state index contributed by atoms with van der Waals surface area (Å²) in [7, 11) is 0. The number of aromatic nitrogens is 3. The number of pyridine rings is 1. The van der Waals surface area contributed by atoms with Crippen molar-refractivity contribution >= 4 is 34.0 Å². The standard InChI is InChI=1S/C28H30ClF2N5O3/c1-16(18-10-19(12-20(32)11-18)28(30,31)27(3,4)37)34-26-22-13-25(23(29)14-24(22)35-17(2)36-26)39-9-8-38-21-6-5-7-33-15-21/h5-7,10-16,37H,8-9,32H2,1-4H3,(H,34,35,36)/t16-/m1/s1. The average Bonchev–Trinajstić information content (AvgIpc) is 2.86. The summed E-state index contributed by atoms with van der Waals surface area (Å²) in [5.41, 5.74) is 4.55. The molecule has 39 heavy (non-hydrogen) atoms. The van der Waals surface area contributed by atoms with E-state index < -0.39 is 17.6 Å². The number of alkyl halides is 2. The number of aliphatic hydroxyl groups is 1. The van der Waals surface area contributed by atoms with Crippen LogP contribution in [-0.2, 0) is 5.92 Å². The van der Waals surface area contributed by atoms with Crippen LogP contribution in [0, 0.1) is 6.92 Å². The minimum atomic E-state index is -3.52. The summed E-state index contributed by atoms with van der Waals surface area (Å²) in [4.78, 5) is 13.0. The molecular formula is C28H30ClF2N5O3. The average molecular weight is 558 g/mol. The first kappa shape index (κ1) is 28.3. The number of anilines is 2. The number of nitrogen functional groups attached to an aromatic ring is 1. The molecule has 0 unspecified atom stereocenters. The minimum Gasteiger partial charge on any atom is -0.488 e. The van der Waals surface area contributed by atoms with Crippen molar-refractivity contribution in [3.05, 3.63) is 76.8 Å². The van der Waals surface area contributed by atoms with Crippen molar-refractivity contribution in [1.29, 1.82) is 0 Å². The minimum absolute atomic E-state index is 0.153. The predicted octanol–water partition coefficient (Wildman–Crippen LogP) is 6.06. The zero-order valence-corrected chi connectivity index (χ0v) is 22.8. The molecule has 0 bridgehead atoms. The fourth-order valence-corrected chi connectivity index (χ4v) is 4.17. The Morgan fingerprint density at radius 3 is 2.54 bits per heavy atom. The molecule has 0 fully saturated rings. The fourth-order valence-electron chi connectivity index (χ4n) is 3.96. The number of aryl methyl sites for hydroxylation is 1. The maximum Gasteiger partial charge on any atom is 0.300 e. The molecule has 0 amide bonds. The van der Waals surface area contributed by atoms with Crippen LogP contribution in [0.4, 0.5) is 20.3 Å². The molecule has 0 aliphatic rings. The van der Waals surface area contributed by atoms with E-state index in [-0.39, 0.29) is 24.5 Å². The first-order valence-corrected chi connectivity index (χ1v) is 12.6. The van der Waals surface area contributed by atoms with Crippen LogP contribution < -0.4 is 20.5 Å². The van der Waals surface area contributed by atoms with Crippen LogP contribution in [0.5, 0.6) is 11.5 Å². The second-order valence-corrected chi connectivity index (χ2v) is 10.1. The zero-order chi connectivity index (χ0) is 28.4. The topological polar surface area (TPSA) is 115 Å². The van der Waals surface area contributed by atoms with Gasteiger partial charge in [0.05, 0.1) is 22.8 Å². The van der Waals surface area contributed by atoms with Crippen molar-refractivity contribution < 1.29 is 23.4 Å². The zero-order valence-electron chi connectivity index (χ0n) is 22.0. The molecule has 4 rings (SSSR count). The molecular weight excluding hydrogens is 528 g/mol. The van der Waals surface area contributed by atoms with Crippen LogP contribution in [0.15, 0.2) is 54.9 Å². The maximum absolute atomic E-state index is 14.9. The quantitative estimate of drug-likeness (QED) is 0.159. The van der Waals surface area contributed by atoms with Gasteiger partial charge < -0.3 is 25.6 Å². The summed E-state index contributed by atoms with van der Waals surface area (Å²) in [6, 6.07) is 10.6. The highest BCUT2D eigenvalue weighted by Crippen LogP contribution is 2.41. The highest BCUT2D eigenvalue weighted by atomic mass is 35.5. The Labute approximate surface area is 230 Å². The highest BCUT2D eigenvalue weighted by Gasteiger charge is 2.47. The number of benzene rings is 2. The van der Waals surface area contributed by atoms with E-state index in [9.17, 15) is 13.9 Å². The van der Waals surface area contributed by atoms with Gasteiger partial charge in [0.1, 0.15) is 42.0 Å². The summed E-state index contributed by atoms with van der Waals surface area (Å²) in [5, 5.41) is 14.3. The van der Waals surface area contributed by atoms with E-state index in [4.69, 9.17) is 26.8 Å². The van der Waals surface area contributed by atoms with Crippen LogP contribution in [0.1, 0.15) is 43.8 Å². The largest absolute Gasteiger partial charge is 0.488 e. The van der Waals surface area contributed by atoms with Gasteiger partial charge in [-0.25, -0.2) is 9.97 Å². The Kier molecular flexibility index (Phi) is 8.08. The Balaban J connectivity index is 1.58. The molecule has 1 atom stereocenters.